The van der Waals surface area contributed by atoms with Crippen LogP contribution in [0, 0.1) is 0 Å². The van der Waals surface area contributed by atoms with Crippen molar-refractivity contribution >= 4 is 63.5 Å². The summed E-state index contributed by atoms with van der Waals surface area (Å²) >= 11 is 5.65. The van der Waals surface area contributed by atoms with E-state index in [9.17, 15) is 14.4 Å². The Morgan fingerprint density at radius 2 is 1.36 bits per heavy atom. The van der Waals surface area contributed by atoms with Gasteiger partial charge >= 0.3 is 5.97 Å². The molecule has 2 heterocycles. The second-order valence-corrected chi connectivity index (χ2v) is 8.46. The van der Waals surface area contributed by atoms with Gasteiger partial charge in [-0.05, 0) is 48.6 Å². The molecule has 1 saturated heterocycles. The van der Waals surface area contributed by atoms with Crippen LogP contribution in [-0.2, 0) is 25.7 Å². The zero-order valence-corrected chi connectivity index (χ0v) is 20.1. The molecule has 7 nitrogen and oxygen atoms in total. The standard InChI is InChI=1S/C28H21N3O4S/c1-35-25(32)18-29-17-19(22-14-8-9-15-24(22)29)16-23-26(33)30(20-10-4-2-5-11-20)28(36)31(27(23)34)21-12-6-3-7-13-21/h2-17H,18H2,1H3. The van der Waals surface area contributed by atoms with E-state index in [4.69, 9.17) is 17.0 Å². The second kappa shape index (κ2) is 9.59. The van der Waals surface area contributed by atoms with Crippen molar-refractivity contribution < 1.29 is 19.1 Å². The number of carbonyl (C=O) groups excluding carboxylic acids is 3. The molecule has 0 N–H and O–H groups in total. The first-order valence-corrected chi connectivity index (χ1v) is 11.6. The van der Waals surface area contributed by atoms with E-state index in [-0.39, 0.29) is 17.2 Å². The molecule has 3 aromatic carbocycles. The fourth-order valence-electron chi connectivity index (χ4n) is 4.22. The van der Waals surface area contributed by atoms with Crippen molar-refractivity contribution in [2.24, 2.45) is 0 Å². The van der Waals surface area contributed by atoms with Gasteiger partial charge in [0.25, 0.3) is 11.8 Å². The molecule has 1 fully saturated rings. The summed E-state index contributed by atoms with van der Waals surface area (Å²) in [6, 6.07) is 25.4. The zero-order chi connectivity index (χ0) is 25.2. The number of ether oxygens (including phenoxy) is 1. The average Bonchev–Trinajstić information content (AvgIpc) is 3.24. The van der Waals surface area contributed by atoms with Crippen LogP contribution in [0.15, 0.2) is 96.7 Å². The van der Waals surface area contributed by atoms with Crippen molar-refractivity contribution in [1.29, 1.82) is 0 Å². The first-order chi connectivity index (χ1) is 17.5. The predicted molar refractivity (Wildman–Crippen MR) is 142 cm³/mol. The third-order valence-electron chi connectivity index (χ3n) is 5.92. The molecule has 0 unspecified atom stereocenters. The number of aromatic nitrogens is 1. The summed E-state index contributed by atoms with van der Waals surface area (Å²) in [7, 11) is 1.33. The molecule has 178 valence electrons. The number of hydrogen-bond acceptors (Lipinski definition) is 5. The first-order valence-electron chi connectivity index (χ1n) is 11.2. The Hall–Kier alpha value is -4.56. The SMILES string of the molecule is COC(=O)Cn1cc(C=C2C(=O)N(c3ccccc3)C(=S)N(c3ccccc3)C2=O)c2ccccc21. The Balaban J connectivity index is 1.67. The summed E-state index contributed by atoms with van der Waals surface area (Å²) in [5.41, 5.74) is 2.47. The molecule has 2 amide bonds. The quantitative estimate of drug-likeness (QED) is 0.176. The first kappa shape index (κ1) is 23.2. The van der Waals surface area contributed by atoms with Gasteiger partial charge in [-0.25, -0.2) is 0 Å². The second-order valence-electron chi connectivity index (χ2n) is 8.10. The van der Waals surface area contributed by atoms with Crippen molar-refractivity contribution in [2.75, 3.05) is 16.9 Å². The van der Waals surface area contributed by atoms with Crippen molar-refractivity contribution in [1.82, 2.24) is 4.57 Å². The van der Waals surface area contributed by atoms with E-state index >= 15 is 0 Å². The number of rotatable bonds is 5. The number of methoxy groups -OCH3 is 1. The van der Waals surface area contributed by atoms with Crippen LogP contribution >= 0.6 is 12.2 Å². The summed E-state index contributed by atoms with van der Waals surface area (Å²) < 4.78 is 6.56. The molecule has 4 aromatic rings. The van der Waals surface area contributed by atoms with Crippen LogP contribution in [0.2, 0.25) is 0 Å². The maximum absolute atomic E-state index is 13.7. The lowest BCUT2D eigenvalue weighted by Gasteiger charge is -2.36. The van der Waals surface area contributed by atoms with E-state index in [1.165, 1.54) is 16.9 Å². The van der Waals surface area contributed by atoms with E-state index in [0.29, 0.717) is 16.9 Å². The number of amides is 2. The minimum Gasteiger partial charge on any atom is -0.468 e. The predicted octanol–water partition coefficient (Wildman–Crippen LogP) is 4.56. The monoisotopic (exact) mass is 495 g/mol. The van der Waals surface area contributed by atoms with Gasteiger partial charge in [-0.15, -0.1) is 0 Å². The molecule has 0 radical (unpaired) electrons. The van der Waals surface area contributed by atoms with Gasteiger partial charge in [0.15, 0.2) is 5.11 Å². The Kier molecular flexibility index (Phi) is 6.18. The highest BCUT2D eigenvalue weighted by atomic mass is 32.1. The van der Waals surface area contributed by atoms with Gasteiger partial charge < -0.3 is 9.30 Å². The molecular formula is C28H21N3O4S. The third-order valence-corrected chi connectivity index (χ3v) is 6.29. The van der Waals surface area contributed by atoms with Crippen LogP contribution in [0.4, 0.5) is 11.4 Å². The number of fused-ring (bicyclic) bond motifs is 1. The molecule has 1 aromatic heterocycles. The van der Waals surface area contributed by atoms with Crippen molar-refractivity contribution in [3.8, 4) is 0 Å². The summed E-state index contributed by atoms with van der Waals surface area (Å²) in [5, 5.41) is 0.868. The number of anilines is 2. The number of thiocarbonyl (C=S) groups is 1. The lowest BCUT2D eigenvalue weighted by atomic mass is 10.0. The van der Waals surface area contributed by atoms with Crippen molar-refractivity contribution in [3.63, 3.8) is 0 Å². The average molecular weight is 496 g/mol. The fourth-order valence-corrected chi connectivity index (χ4v) is 4.60. The van der Waals surface area contributed by atoms with Gasteiger partial charge in [0.1, 0.15) is 12.1 Å². The van der Waals surface area contributed by atoms with Crippen LogP contribution in [0.25, 0.3) is 17.0 Å². The van der Waals surface area contributed by atoms with E-state index in [1.807, 2.05) is 36.4 Å². The van der Waals surface area contributed by atoms with Gasteiger partial charge in [-0.1, -0.05) is 54.6 Å². The topological polar surface area (TPSA) is 71.8 Å². The largest absolute Gasteiger partial charge is 0.468 e. The van der Waals surface area contributed by atoms with Gasteiger partial charge in [0.2, 0.25) is 0 Å². The molecule has 1 aliphatic heterocycles. The molecule has 0 bridgehead atoms. The number of esters is 1. The highest BCUT2D eigenvalue weighted by Crippen LogP contribution is 2.31. The smallest absolute Gasteiger partial charge is 0.325 e. The fraction of sp³-hybridized carbons (Fsp3) is 0.0714. The van der Waals surface area contributed by atoms with E-state index < -0.39 is 17.8 Å². The van der Waals surface area contributed by atoms with Gasteiger partial charge in [-0.3, -0.25) is 24.2 Å². The normalized spacial score (nSPS) is 13.9. The molecule has 0 spiro atoms. The number of benzene rings is 3. The van der Waals surface area contributed by atoms with Gasteiger partial charge in [-0.2, -0.15) is 0 Å². The minimum absolute atomic E-state index is 0.00154. The van der Waals surface area contributed by atoms with Gasteiger partial charge in [0.05, 0.1) is 18.5 Å². The summed E-state index contributed by atoms with van der Waals surface area (Å²) in [6.07, 6.45) is 3.30. The molecule has 0 aliphatic carbocycles. The highest BCUT2D eigenvalue weighted by molar-refractivity contribution is 7.81. The minimum atomic E-state index is -0.520. The Bertz CT molecular complexity index is 1460. The maximum Gasteiger partial charge on any atom is 0.325 e. The van der Waals surface area contributed by atoms with Crippen LogP contribution in [0.5, 0.6) is 0 Å². The molecule has 0 atom stereocenters. The van der Waals surface area contributed by atoms with Gasteiger partial charge in [0, 0.05) is 22.7 Å². The number of nitrogens with zero attached hydrogens (tertiary/aromatic N) is 3. The van der Waals surface area contributed by atoms with Crippen molar-refractivity contribution in [2.45, 2.75) is 6.54 Å². The molecule has 5 rings (SSSR count). The summed E-state index contributed by atoms with van der Waals surface area (Å²) in [6.45, 7) is -0.00154. The third kappa shape index (κ3) is 4.08. The highest BCUT2D eigenvalue weighted by Gasteiger charge is 2.41. The van der Waals surface area contributed by atoms with Crippen LogP contribution in [0.3, 0.4) is 0 Å². The van der Waals surface area contributed by atoms with E-state index in [0.717, 1.165) is 10.9 Å². The van der Waals surface area contributed by atoms with Crippen LogP contribution in [-0.4, -0.2) is 34.6 Å². The number of para-hydroxylation sites is 3. The van der Waals surface area contributed by atoms with E-state index in [1.54, 1.807) is 65.4 Å². The Morgan fingerprint density at radius 1 is 0.833 bits per heavy atom. The zero-order valence-electron chi connectivity index (χ0n) is 19.3. The lowest BCUT2D eigenvalue weighted by molar-refractivity contribution is -0.141. The Morgan fingerprint density at radius 3 is 1.92 bits per heavy atom. The summed E-state index contributed by atoms with van der Waals surface area (Å²) in [5.74, 6) is -1.45. The lowest BCUT2D eigenvalue weighted by Crippen LogP contribution is -2.56. The Labute approximate surface area is 212 Å². The molecule has 8 heteroatoms. The summed E-state index contributed by atoms with van der Waals surface area (Å²) in [4.78, 5) is 42.2. The van der Waals surface area contributed by atoms with E-state index in [2.05, 4.69) is 0 Å². The molecule has 36 heavy (non-hydrogen) atoms. The molecule has 0 saturated carbocycles. The van der Waals surface area contributed by atoms with Crippen LogP contribution < -0.4 is 9.80 Å². The number of carbonyl (C=O) groups is 3. The maximum atomic E-state index is 13.7. The van der Waals surface area contributed by atoms with Crippen LogP contribution in [0.1, 0.15) is 5.56 Å². The molecular weight excluding hydrogens is 474 g/mol. The van der Waals surface area contributed by atoms with Crippen molar-refractivity contribution in [3.05, 3.63) is 102 Å². The molecule has 1 aliphatic rings. The number of hydrogen-bond donors (Lipinski definition) is 0.